The molecule has 0 aliphatic carbocycles. The molecule has 0 radical (unpaired) electrons. The fourth-order valence-corrected chi connectivity index (χ4v) is 5.20. The molecule has 204 valence electrons. The summed E-state index contributed by atoms with van der Waals surface area (Å²) in [6.45, 7) is 4.52. The molecule has 2 heterocycles. The number of aromatic carboxylic acids is 1. The molecule has 2 amide bonds. The second kappa shape index (κ2) is 11.4. The number of rotatable bonds is 7. The van der Waals surface area contributed by atoms with E-state index in [1.54, 1.807) is 13.0 Å². The second-order valence-electron chi connectivity index (χ2n) is 9.85. The molecule has 11 heteroatoms. The first-order valence-corrected chi connectivity index (χ1v) is 12.6. The van der Waals surface area contributed by atoms with E-state index in [0.717, 1.165) is 55.9 Å². The number of anilines is 2. The number of piperidine rings is 1. The zero-order valence-corrected chi connectivity index (χ0v) is 21.1. The van der Waals surface area contributed by atoms with Crippen molar-refractivity contribution in [3.05, 3.63) is 59.2 Å². The number of carbonyl (C=O) groups excluding carboxylic acids is 2. The number of carboxylic acids is 1. The summed E-state index contributed by atoms with van der Waals surface area (Å²) in [5.41, 5.74) is 1.20. The Bertz CT molecular complexity index is 1200. The molecule has 38 heavy (non-hydrogen) atoms. The number of benzene rings is 2. The minimum atomic E-state index is -4.51. The van der Waals surface area contributed by atoms with E-state index in [2.05, 4.69) is 20.4 Å². The van der Waals surface area contributed by atoms with Gasteiger partial charge in [0.2, 0.25) is 11.8 Å². The van der Waals surface area contributed by atoms with E-state index in [4.69, 9.17) is 0 Å². The third-order valence-corrected chi connectivity index (χ3v) is 7.27. The Morgan fingerprint density at radius 3 is 2.42 bits per heavy atom. The summed E-state index contributed by atoms with van der Waals surface area (Å²) in [6, 6.07) is 10.1. The predicted molar refractivity (Wildman–Crippen MR) is 136 cm³/mol. The highest BCUT2D eigenvalue weighted by molar-refractivity contribution is 5.95. The van der Waals surface area contributed by atoms with Crippen LogP contribution in [0.3, 0.4) is 0 Å². The summed E-state index contributed by atoms with van der Waals surface area (Å²) in [7, 11) is 0. The van der Waals surface area contributed by atoms with Gasteiger partial charge in [0.1, 0.15) is 0 Å². The number of aryl methyl sites for hydroxylation is 1. The van der Waals surface area contributed by atoms with Crippen LogP contribution in [-0.2, 0) is 15.8 Å². The Balaban J connectivity index is 1.21. The maximum Gasteiger partial charge on any atom is 0.416 e. The molecule has 3 N–H and O–H groups in total. The molecule has 8 nitrogen and oxygen atoms in total. The van der Waals surface area contributed by atoms with Crippen LogP contribution in [0.2, 0.25) is 0 Å². The molecular weight excluding hydrogens is 501 g/mol. The summed E-state index contributed by atoms with van der Waals surface area (Å²) < 4.78 is 38.6. The quantitative estimate of drug-likeness (QED) is 0.502. The van der Waals surface area contributed by atoms with Crippen LogP contribution in [0, 0.1) is 12.8 Å². The van der Waals surface area contributed by atoms with Gasteiger partial charge in [-0.25, -0.2) is 4.79 Å². The van der Waals surface area contributed by atoms with Crippen LogP contribution in [0.15, 0.2) is 42.5 Å². The molecule has 2 saturated heterocycles. The van der Waals surface area contributed by atoms with Crippen molar-refractivity contribution < 1.29 is 32.7 Å². The first-order chi connectivity index (χ1) is 18.0. The molecule has 2 aromatic carbocycles. The lowest BCUT2D eigenvalue weighted by molar-refractivity contribution is -0.137. The average molecular weight is 533 g/mol. The average Bonchev–Trinajstić information content (AvgIpc) is 3.37. The third kappa shape index (κ3) is 6.63. The van der Waals surface area contributed by atoms with Crippen LogP contribution in [-0.4, -0.2) is 66.6 Å². The number of hydrogen-bond donors (Lipinski definition) is 3. The number of nitrogens with zero attached hydrogens (tertiary/aromatic N) is 2. The maximum atomic E-state index is 12.9. The van der Waals surface area contributed by atoms with Gasteiger partial charge in [-0.05, 0) is 74.7 Å². The van der Waals surface area contributed by atoms with Crippen molar-refractivity contribution in [2.45, 2.75) is 38.4 Å². The maximum absolute atomic E-state index is 12.9. The second-order valence-corrected chi connectivity index (χ2v) is 9.85. The minimum absolute atomic E-state index is 0.0189. The molecule has 0 bridgehead atoms. The van der Waals surface area contributed by atoms with Crippen molar-refractivity contribution in [3.8, 4) is 0 Å². The van der Waals surface area contributed by atoms with Gasteiger partial charge in [-0.2, -0.15) is 13.2 Å². The van der Waals surface area contributed by atoms with E-state index in [1.807, 2.05) is 12.1 Å². The van der Waals surface area contributed by atoms with Crippen molar-refractivity contribution in [3.63, 3.8) is 0 Å². The lowest BCUT2D eigenvalue weighted by Gasteiger charge is -2.38. The van der Waals surface area contributed by atoms with Crippen LogP contribution in [0.4, 0.5) is 24.5 Å². The summed E-state index contributed by atoms with van der Waals surface area (Å²) >= 11 is 0. The number of carboxylic acid groups (broad SMARTS) is 1. The normalized spacial score (nSPS) is 18.8. The van der Waals surface area contributed by atoms with E-state index in [-0.39, 0.29) is 24.1 Å². The highest BCUT2D eigenvalue weighted by atomic mass is 19.4. The summed E-state index contributed by atoms with van der Waals surface area (Å²) in [4.78, 5) is 40.6. The topological polar surface area (TPSA) is 102 Å². The SMILES string of the molecule is Cc1cc(N2CCC(N3CC[C@@H](C(=O)NCC(=O)Nc4cccc(C(F)(F)F)c4)C3)CC2)ccc1C(=O)O. The number of carbonyl (C=O) groups is 3. The number of alkyl halides is 3. The van der Waals surface area contributed by atoms with Gasteiger partial charge in [0, 0.05) is 37.1 Å². The third-order valence-electron chi connectivity index (χ3n) is 7.27. The lowest BCUT2D eigenvalue weighted by Crippen LogP contribution is -2.45. The largest absolute Gasteiger partial charge is 0.478 e. The molecule has 2 aliphatic rings. The summed E-state index contributed by atoms with van der Waals surface area (Å²) in [5, 5.41) is 14.2. The van der Waals surface area contributed by atoms with Gasteiger partial charge < -0.3 is 20.6 Å². The van der Waals surface area contributed by atoms with Gasteiger partial charge in [0.05, 0.1) is 23.6 Å². The molecule has 1 atom stereocenters. The molecule has 2 aromatic rings. The Morgan fingerprint density at radius 2 is 1.76 bits per heavy atom. The predicted octanol–water partition coefficient (Wildman–Crippen LogP) is 3.76. The smallest absolute Gasteiger partial charge is 0.416 e. The summed E-state index contributed by atoms with van der Waals surface area (Å²) in [6.07, 6.45) is -1.98. The number of halogens is 3. The van der Waals surface area contributed by atoms with Crippen molar-refractivity contribution in [2.24, 2.45) is 5.92 Å². The van der Waals surface area contributed by atoms with E-state index < -0.39 is 23.6 Å². The number of likely N-dealkylation sites (tertiary alicyclic amines) is 1. The molecule has 0 saturated carbocycles. The standard InChI is InChI=1S/C27H31F3N4O4/c1-17-13-22(5-6-23(17)26(37)38)33-11-8-21(9-12-33)34-10-7-18(16-34)25(36)31-15-24(35)32-20-4-2-3-19(14-20)27(28,29)30/h2-6,13-14,18,21H,7-12,15-16H2,1H3,(H,31,36)(H,32,35)(H,37,38)/t18-/m1/s1. The number of hydrogen-bond acceptors (Lipinski definition) is 5. The fourth-order valence-electron chi connectivity index (χ4n) is 5.20. The molecule has 0 spiro atoms. The van der Waals surface area contributed by atoms with Gasteiger partial charge in [-0.15, -0.1) is 0 Å². The van der Waals surface area contributed by atoms with Crippen LogP contribution in [0.25, 0.3) is 0 Å². The molecule has 2 fully saturated rings. The minimum Gasteiger partial charge on any atom is -0.478 e. The van der Waals surface area contributed by atoms with Crippen LogP contribution in [0.1, 0.15) is 40.7 Å². The molecular formula is C27H31F3N4O4. The van der Waals surface area contributed by atoms with Gasteiger partial charge in [0.25, 0.3) is 0 Å². The summed E-state index contributed by atoms with van der Waals surface area (Å²) in [5.74, 6) is -2.01. The highest BCUT2D eigenvalue weighted by Gasteiger charge is 2.34. The number of nitrogens with one attached hydrogen (secondary N) is 2. The Kier molecular flexibility index (Phi) is 8.25. The molecule has 4 rings (SSSR count). The fraction of sp³-hybridized carbons (Fsp3) is 0.444. The Morgan fingerprint density at radius 1 is 1.03 bits per heavy atom. The van der Waals surface area contributed by atoms with E-state index in [0.29, 0.717) is 24.6 Å². The molecule has 0 aromatic heterocycles. The van der Waals surface area contributed by atoms with E-state index in [1.165, 1.54) is 12.1 Å². The van der Waals surface area contributed by atoms with Gasteiger partial charge in [0.15, 0.2) is 0 Å². The van der Waals surface area contributed by atoms with Crippen molar-refractivity contribution in [1.82, 2.24) is 10.2 Å². The van der Waals surface area contributed by atoms with Crippen molar-refractivity contribution in [1.29, 1.82) is 0 Å². The zero-order valence-electron chi connectivity index (χ0n) is 21.1. The zero-order chi connectivity index (χ0) is 27.4. The monoisotopic (exact) mass is 532 g/mol. The molecule has 0 unspecified atom stereocenters. The van der Waals surface area contributed by atoms with Gasteiger partial charge >= 0.3 is 12.1 Å². The van der Waals surface area contributed by atoms with Gasteiger partial charge in [-0.1, -0.05) is 6.07 Å². The van der Waals surface area contributed by atoms with Crippen LogP contribution in [0.5, 0.6) is 0 Å². The lowest BCUT2D eigenvalue weighted by atomic mass is 10.0. The first kappa shape index (κ1) is 27.4. The van der Waals surface area contributed by atoms with Crippen LogP contribution < -0.4 is 15.5 Å². The highest BCUT2D eigenvalue weighted by Crippen LogP contribution is 2.31. The Hall–Kier alpha value is -3.60. The number of amides is 2. The van der Waals surface area contributed by atoms with Gasteiger partial charge in [-0.3, -0.25) is 14.5 Å². The Labute approximate surface area is 218 Å². The first-order valence-electron chi connectivity index (χ1n) is 12.6. The molecule has 2 aliphatic heterocycles. The van der Waals surface area contributed by atoms with E-state index >= 15 is 0 Å². The van der Waals surface area contributed by atoms with E-state index in [9.17, 15) is 32.7 Å². The van der Waals surface area contributed by atoms with Crippen LogP contribution >= 0.6 is 0 Å². The van der Waals surface area contributed by atoms with Crippen molar-refractivity contribution >= 4 is 29.2 Å². The van der Waals surface area contributed by atoms with Crippen molar-refractivity contribution in [2.75, 3.05) is 42.9 Å².